The van der Waals surface area contributed by atoms with Gasteiger partial charge in [0, 0.05) is 45.4 Å². The van der Waals surface area contributed by atoms with E-state index in [4.69, 9.17) is 0 Å². The minimum atomic E-state index is -0.000149. The smallest absolute Gasteiger partial charge is 0.337 e. The number of nitrogens with zero attached hydrogens (tertiary/aromatic N) is 2. The van der Waals surface area contributed by atoms with Crippen LogP contribution in [-0.4, -0.2) is 21.5 Å². The summed E-state index contributed by atoms with van der Waals surface area (Å²) in [6.45, 7) is 0. The zero-order valence-electron chi connectivity index (χ0n) is 21.5. The quantitative estimate of drug-likeness (QED) is 0.171. The van der Waals surface area contributed by atoms with Crippen LogP contribution in [0.5, 0.6) is 0 Å². The van der Waals surface area contributed by atoms with Crippen LogP contribution in [0.1, 0.15) is 0 Å². The molecule has 6 nitrogen and oxygen atoms in total. The van der Waals surface area contributed by atoms with Gasteiger partial charge >= 0.3 is 16.5 Å². The zero-order chi connectivity index (χ0) is 27.6. The van der Waals surface area contributed by atoms with Crippen LogP contribution in [0.2, 0.25) is 0 Å². The summed E-state index contributed by atoms with van der Waals surface area (Å²) in [5, 5.41) is 11.7. The van der Waals surface area contributed by atoms with Gasteiger partial charge in [-0.15, -0.1) is 22.7 Å². The summed E-state index contributed by atoms with van der Waals surface area (Å²) in [7, 11) is 0. The maximum Gasteiger partial charge on any atom is 2.00 e. The van der Waals surface area contributed by atoms with Crippen molar-refractivity contribution in [3.63, 3.8) is 0 Å². The SMILES string of the molecule is O=C1C=CC=C/C1=C/Nc1nc(-c2ccccc2)cs1.O=C1C=CC=C/C1=C/Nc1nc(-c2ccccc2)cs1.[Ni+2]. The zero-order valence-corrected chi connectivity index (χ0v) is 24.2. The Morgan fingerprint density at radius 3 is 1.34 bits per heavy atom. The Kier molecular flexibility index (Phi) is 10.7. The number of thiazole rings is 2. The molecule has 2 aliphatic carbocycles. The molecule has 9 heteroatoms. The Labute approximate surface area is 256 Å². The monoisotopic (exact) mass is 618 g/mol. The first-order valence-corrected chi connectivity index (χ1v) is 14.1. The standard InChI is InChI=1S/2C16H12N2OS.Ni/c2*19-15-9-5-4-8-13(15)10-17-16-18-14(11-20-16)12-6-2-1-3-7-12;/h2*1-11H,(H,17,18);/q;;+2/b2*13-10-;. The molecule has 6 rings (SSSR count). The van der Waals surface area contributed by atoms with Crippen LogP contribution in [0, 0.1) is 0 Å². The van der Waals surface area contributed by atoms with E-state index in [-0.39, 0.29) is 28.1 Å². The first kappa shape index (κ1) is 29.6. The van der Waals surface area contributed by atoms with Gasteiger partial charge < -0.3 is 10.6 Å². The molecule has 0 fully saturated rings. The van der Waals surface area contributed by atoms with Gasteiger partial charge in [-0.3, -0.25) is 9.59 Å². The number of aromatic nitrogens is 2. The van der Waals surface area contributed by atoms with Gasteiger partial charge in [-0.1, -0.05) is 85.0 Å². The molecule has 0 aliphatic heterocycles. The number of ketones is 2. The van der Waals surface area contributed by atoms with Crippen molar-refractivity contribution >= 4 is 44.5 Å². The fourth-order valence-electron chi connectivity index (χ4n) is 3.64. The molecule has 2 aromatic heterocycles. The van der Waals surface area contributed by atoms with Crippen LogP contribution in [0.4, 0.5) is 10.3 Å². The Hall–Kier alpha value is -4.43. The van der Waals surface area contributed by atoms with Gasteiger partial charge in [0.1, 0.15) is 0 Å². The van der Waals surface area contributed by atoms with E-state index in [1.54, 1.807) is 48.9 Å². The minimum absolute atomic E-state index is 0. The van der Waals surface area contributed by atoms with Gasteiger partial charge in [-0.25, -0.2) is 9.97 Å². The number of carbonyl (C=O) groups excluding carboxylic acids is 2. The van der Waals surface area contributed by atoms with Gasteiger partial charge in [0.05, 0.1) is 11.4 Å². The number of hydrogen-bond donors (Lipinski definition) is 2. The normalized spacial score (nSPS) is 15.4. The summed E-state index contributed by atoms with van der Waals surface area (Å²) in [4.78, 5) is 32.2. The summed E-state index contributed by atoms with van der Waals surface area (Å²) in [5.41, 5.74) is 5.29. The van der Waals surface area contributed by atoms with Crippen molar-refractivity contribution in [2.24, 2.45) is 0 Å². The van der Waals surface area contributed by atoms with Gasteiger partial charge in [-0.2, -0.15) is 0 Å². The molecule has 41 heavy (non-hydrogen) atoms. The van der Waals surface area contributed by atoms with Crippen molar-refractivity contribution in [2.75, 3.05) is 10.6 Å². The predicted octanol–water partition coefficient (Wildman–Crippen LogP) is 7.60. The average Bonchev–Trinajstić information content (AvgIpc) is 3.68. The third kappa shape index (κ3) is 8.28. The molecule has 2 aliphatic rings. The summed E-state index contributed by atoms with van der Waals surface area (Å²) in [5.74, 6) is -0.000298. The van der Waals surface area contributed by atoms with E-state index in [1.807, 2.05) is 83.6 Å². The molecular weight excluding hydrogens is 595 g/mol. The molecule has 0 radical (unpaired) electrons. The summed E-state index contributed by atoms with van der Waals surface area (Å²) >= 11 is 3.03. The second kappa shape index (κ2) is 14.8. The second-order valence-corrected chi connectivity index (χ2v) is 10.2. The summed E-state index contributed by atoms with van der Waals surface area (Å²) in [6, 6.07) is 20.0. The fraction of sp³-hybridized carbons (Fsp3) is 0. The number of benzene rings is 2. The molecule has 2 heterocycles. The first-order valence-electron chi connectivity index (χ1n) is 12.4. The molecule has 0 amide bonds. The molecule has 0 saturated heterocycles. The van der Waals surface area contributed by atoms with Crippen LogP contribution < -0.4 is 10.6 Å². The Morgan fingerprint density at radius 1 is 0.561 bits per heavy atom. The van der Waals surface area contributed by atoms with Gasteiger partial charge in [0.2, 0.25) is 0 Å². The molecular formula is C32H24N4NiO2S2+2. The third-order valence-corrected chi connectivity index (χ3v) is 7.23. The number of nitrogens with one attached hydrogen (secondary N) is 2. The van der Waals surface area contributed by atoms with E-state index in [9.17, 15) is 9.59 Å². The largest absolute Gasteiger partial charge is 2.00 e. The molecule has 4 aromatic rings. The van der Waals surface area contributed by atoms with E-state index < -0.39 is 0 Å². The number of carbonyl (C=O) groups is 2. The number of hydrogen-bond acceptors (Lipinski definition) is 8. The predicted molar refractivity (Wildman–Crippen MR) is 165 cm³/mol. The molecule has 0 unspecified atom stereocenters. The maximum absolute atomic E-state index is 11.6. The van der Waals surface area contributed by atoms with E-state index in [2.05, 4.69) is 20.6 Å². The van der Waals surface area contributed by atoms with Crippen LogP contribution in [-0.2, 0) is 26.1 Å². The topological polar surface area (TPSA) is 84.0 Å². The van der Waals surface area contributed by atoms with E-state index in [0.29, 0.717) is 11.1 Å². The van der Waals surface area contributed by atoms with Crippen LogP contribution in [0.25, 0.3) is 22.5 Å². The van der Waals surface area contributed by atoms with Crippen molar-refractivity contribution in [3.8, 4) is 22.5 Å². The molecule has 2 aromatic carbocycles. The average molecular weight is 619 g/mol. The van der Waals surface area contributed by atoms with Crippen molar-refractivity contribution in [3.05, 3.63) is 144 Å². The second-order valence-electron chi connectivity index (χ2n) is 8.46. The van der Waals surface area contributed by atoms with Gasteiger partial charge in [0.15, 0.2) is 21.8 Å². The van der Waals surface area contributed by atoms with Crippen molar-refractivity contribution in [1.82, 2.24) is 9.97 Å². The summed E-state index contributed by atoms with van der Waals surface area (Å²) in [6.07, 6.45) is 17.2. The van der Waals surface area contributed by atoms with Gasteiger partial charge in [-0.05, 0) is 24.3 Å². The first-order chi connectivity index (χ1) is 19.7. The van der Waals surface area contributed by atoms with Crippen LogP contribution in [0.3, 0.4) is 0 Å². The van der Waals surface area contributed by atoms with Crippen LogP contribution in [0.15, 0.2) is 144 Å². The van der Waals surface area contributed by atoms with Crippen molar-refractivity contribution in [1.29, 1.82) is 0 Å². The molecule has 0 atom stereocenters. The number of anilines is 2. The molecule has 0 spiro atoms. The number of rotatable bonds is 6. The third-order valence-electron chi connectivity index (χ3n) is 5.69. The molecule has 0 bridgehead atoms. The van der Waals surface area contributed by atoms with E-state index >= 15 is 0 Å². The molecule has 0 saturated carbocycles. The Bertz CT molecular complexity index is 1550. The Balaban J connectivity index is 0.000000184. The molecule has 204 valence electrons. The number of allylic oxidation sites excluding steroid dienone is 10. The van der Waals surface area contributed by atoms with Gasteiger partial charge in [0.25, 0.3) is 0 Å². The summed E-state index contributed by atoms with van der Waals surface area (Å²) < 4.78 is 0. The molecule has 2 N–H and O–H groups in total. The van der Waals surface area contributed by atoms with Crippen LogP contribution >= 0.6 is 22.7 Å². The van der Waals surface area contributed by atoms with E-state index in [0.717, 1.165) is 32.8 Å². The fourth-order valence-corrected chi connectivity index (χ4v) is 5.02. The maximum atomic E-state index is 11.6. The van der Waals surface area contributed by atoms with E-state index in [1.165, 1.54) is 22.7 Å². The Morgan fingerprint density at radius 2 is 0.951 bits per heavy atom. The van der Waals surface area contributed by atoms with Crippen molar-refractivity contribution < 1.29 is 26.1 Å². The van der Waals surface area contributed by atoms with Crippen molar-refractivity contribution in [2.45, 2.75) is 0 Å². The minimum Gasteiger partial charge on any atom is -0.337 e.